The van der Waals surface area contributed by atoms with Gasteiger partial charge in [0.1, 0.15) is 6.54 Å². The van der Waals surface area contributed by atoms with Gasteiger partial charge in [0, 0.05) is 5.69 Å². The fourth-order valence-electron chi connectivity index (χ4n) is 1.69. The Labute approximate surface area is 109 Å². The lowest BCUT2D eigenvalue weighted by molar-refractivity contribution is -0.121. The molecule has 3 N–H and O–H groups in total. The van der Waals surface area contributed by atoms with Crippen LogP contribution in [0.25, 0.3) is 0 Å². The van der Waals surface area contributed by atoms with Crippen molar-refractivity contribution in [2.45, 2.75) is 31.8 Å². The molecule has 0 saturated heterocycles. The number of rotatable bonds is 3. The second-order valence-corrected chi connectivity index (χ2v) is 6.01. The van der Waals surface area contributed by atoms with Crippen LogP contribution in [0.4, 0.5) is 18.9 Å². The van der Waals surface area contributed by atoms with Gasteiger partial charge in [-0.2, -0.15) is 13.2 Å². The predicted octanol–water partition coefficient (Wildman–Crippen LogP) is 2.03. The summed E-state index contributed by atoms with van der Waals surface area (Å²) in [6.45, 7) is 3.03. The van der Waals surface area contributed by atoms with E-state index in [0.29, 0.717) is 11.1 Å². The van der Waals surface area contributed by atoms with Gasteiger partial charge in [-0.1, -0.05) is 0 Å². The molecule has 0 aliphatic rings. The number of alkyl halides is 3. The Kier molecular flexibility index (Phi) is 4.16. The monoisotopic (exact) mass is 296 g/mol. The molecule has 0 amide bonds. The highest BCUT2D eigenvalue weighted by atomic mass is 32.2. The van der Waals surface area contributed by atoms with E-state index in [1.807, 2.05) is 0 Å². The van der Waals surface area contributed by atoms with E-state index < -0.39 is 22.7 Å². The maximum Gasteiger partial charge on any atom is 0.402 e. The van der Waals surface area contributed by atoms with Crippen molar-refractivity contribution in [3.63, 3.8) is 0 Å². The summed E-state index contributed by atoms with van der Waals surface area (Å²) < 4.78 is 61.8. The molecule has 0 aliphatic heterocycles. The van der Waals surface area contributed by atoms with Crippen LogP contribution >= 0.6 is 0 Å². The van der Waals surface area contributed by atoms with Crippen LogP contribution in [0.5, 0.6) is 0 Å². The SMILES string of the molecule is Cc1cc(N)c(C)c(S(=O)(=O)NCC(F)(F)F)c1C. The quantitative estimate of drug-likeness (QED) is 0.838. The minimum atomic E-state index is -4.61. The van der Waals surface area contributed by atoms with E-state index in [1.54, 1.807) is 17.7 Å². The number of nitrogens with one attached hydrogen (secondary N) is 1. The lowest BCUT2D eigenvalue weighted by Crippen LogP contribution is -2.34. The molecular formula is C11H15F3N2O2S. The smallest absolute Gasteiger partial charge is 0.398 e. The van der Waals surface area contributed by atoms with Crippen molar-refractivity contribution in [3.8, 4) is 0 Å². The zero-order valence-corrected chi connectivity index (χ0v) is 11.5. The van der Waals surface area contributed by atoms with Gasteiger partial charge < -0.3 is 5.73 Å². The first-order valence-corrected chi connectivity index (χ1v) is 6.86. The maximum absolute atomic E-state index is 12.1. The normalized spacial score (nSPS) is 12.7. The Balaban J connectivity index is 3.30. The van der Waals surface area contributed by atoms with Gasteiger partial charge in [0.2, 0.25) is 10.0 Å². The zero-order chi connectivity index (χ0) is 15.0. The van der Waals surface area contributed by atoms with E-state index in [2.05, 4.69) is 0 Å². The number of nitrogens with two attached hydrogens (primary N) is 1. The molecule has 0 fully saturated rings. The third kappa shape index (κ3) is 3.60. The second kappa shape index (κ2) is 5.01. The van der Waals surface area contributed by atoms with Crippen molar-refractivity contribution in [2.24, 2.45) is 0 Å². The number of nitrogen functional groups attached to an aromatic ring is 1. The molecule has 0 aromatic heterocycles. The van der Waals surface area contributed by atoms with Gasteiger partial charge in [0.15, 0.2) is 0 Å². The highest BCUT2D eigenvalue weighted by Crippen LogP contribution is 2.28. The van der Waals surface area contributed by atoms with Crippen LogP contribution in [0, 0.1) is 20.8 Å². The summed E-state index contributed by atoms with van der Waals surface area (Å²) in [7, 11) is -4.25. The fourth-order valence-corrected chi connectivity index (χ4v) is 3.28. The number of anilines is 1. The molecule has 0 bridgehead atoms. The van der Waals surface area contributed by atoms with Crippen LogP contribution in [0.2, 0.25) is 0 Å². The van der Waals surface area contributed by atoms with E-state index in [1.165, 1.54) is 13.8 Å². The molecule has 0 aliphatic carbocycles. The van der Waals surface area contributed by atoms with Gasteiger partial charge in [-0.3, -0.25) is 0 Å². The summed E-state index contributed by atoms with van der Waals surface area (Å²) in [6, 6.07) is 1.59. The Morgan fingerprint density at radius 1 is 1.21 bits per heavy atom. The Hall–Kier alpha value is -1.28. The molecule has 8 heteroatoms. The van der Waals surface area contributed by atoms with Gasteiger partial charge >= 0.3 is 6.18 Å². The molecule has 108 valence electrons. The Bertz CT molecular complexity index is 569. The molecule has 1 rings (SSSR count). The molecule has 0 saturated carbocycles. The van der Waals surface area contributed by atoms with E-state index in [9.17, 15) is 21.6 Å². The van der Waals surface area contributed by atoms with Crippen molar-refractivity contribution in [3.05, 3.63) is 22.8 Å². The first kappa shape index (κ1) is 15.8. The van der Waals surface area contributed by atoms with Crippen LogP contribution < -0.4 is 10.5 Å². The summed E-state index contributed by atoms with van der Waals surface area (Å²) in [6.07, 6.45) is -4.61. The van der Waals surface area contributed by atoms with Gasteiger partial charge in [-0.15, -0.1) is 0 Å². The summed E-state index contributed by atoms with van der Waals surface area (Å²) in [4.78, 5) is -0.186. The number of sulfonamides is 1. The molecule has 0 spiro atoms. The van der Waals surface area contributed by atoms with Crippen LogP contribution in [-0.2, 0) is 10.0 Å². The maximum atomic E-state index is 12.1. The lowest BCUT2D eigenvalue weighted by atomic mass is 10.1. The van der Waals surface area contributed by atoms with E-state index in [4.69, 9.17) is 5.73 Å². The standard InChI is InChI=1S/C11H15F3N2O2S/c1-6-4-9(15)8(3)10(7(6)2)19(17,18)16-5-11(12,13)14/h4,16H,5,15H2,1-3H3. The van der Waals surface area contributed by atoms with Crippen LogP contribution in [0.15, 0.2) is 11.0 Å². The Morgan fingerprint density at radius 2 is 1.74 bits per heavy atom. The van der Waals surface area contributed by atoms with E-state index in [0.717, 1.165) is 0 Å². The molecule has 0 heterocycles. The fraction of sp³-hybridized carbons (Fsp3) is 0.455. The van der Waals surface area contributed by atoms with Crippen molar-refractivity contribution < 1.29 is 21.6 Å². The molecule has 1 aromatic carbocycles. The van der Waals surface area contributed by atoms with Gasteiger partial charge in [0.05, 0.1) is 4.90 Å². The molecular weight excluding hydrogens is 281 g/mol. The minimum Gasteiger partial charge on any atom is -0.398 e. The number of halogens is 3. The zero-order valence-electron chi connectivity index (χ0n) is 10.7. The minimum absolute atomic E-state index is 0.186. The summed E-state index contributed by atoms with van der Waals surface area (Å²) in [5.41, 5.74) is 7.13. The van der Waals surface area contributed by atoms with Gasteiger partial charge in [-0.05, 0) is 43.5 Å². The number of aryl methyl sites for hydroxylation is 1. The third-order valence-electron chi connectivity index (χ3n) is 2.81. The Morgan fingerprint density at radius 3 is 2.21 bits per heavy atom. The number of hydrogen-bond acceptors (Lipinski definition) is 3. The molecule has 1 aromatic rings. The van der Waals surface area contributed by atoms with Gasteiger partial charge in [-0.25, -0.2) is 13.1 Å². The summed E-state index contributed by atoms with van der Waals surface area (Å²) in [5, 5.41) is 0. The molecule has 0 atom stereocenters. The molecule has 0 radical (unpaired) electrons. The topological polar surface area (TPSA) is 72.2 Å². The van der Waals surface area contributed by atoms with Crippen molar-refractivity contribution >= 4 is 15.7 Å². The van der Waals surface area contributed by atoms with Crippen LogP contribution in [-0.4, -0.2) is 21.1 Å². The molecule has 4 nitrogen and oxygen atoms in total. The molecule has 19 heavy (non-hydrogen) atoms. The van der Waals surface area contributed by atoms with Crippen LogP contribution in [0.1, 0.15) is 16.7 Å². The van der Waals surface area contributed by atoms with Crippen molar-refractivity contribution in [1.82, 2.24) is 4.72 Å². The van der Waals surface area contributed by atoms with Crippen molar-refractivity contribution in [2.75, 3.05) is 12.3 Å². The third-order valence-corrected chi connectivity index (χ3v) is 4.48. The van der Waals surface area contributed by atoms with Crippen molar-refractivity contribution in [1.29, 1.82) is 0 Å². The highest BCUT2D eigenvalue weighted by Gasteiger charge is 2.31. The first-order chi connectivity index (χ1) is 8.46. The predicted molar refractivity (Wildman–Crippen MR) is 66.3 cm³/mol. The largest absolute Gasteiger partial charge is 0.402 e. The average molecular weight is 296 g/mol. The number of hydrogen-bond donors (Lipinski definition) is 2. The first-order valence-electron chi connectivity index (χ1n) is 5.38. The van der Waals surface area contributed by atoms with E-state index in [-0.39, 0.29) is 16.1 Å². The van der Waals surface area contributed by atoms with Crippen LogP contribution in [0.3, 0.4) is 0 Å². The summed E-state index contributed by atoms with van der Waals surface area (Å²) in [5.74, 6) is 0. The summed E-state index contributed by atoms with van der Waals surface area (Å²) >= 11 is 0. The second-order valence-electron chi connectivity index (χ2n) is 4.30. The lowest BCUT2D eigenvalue weighted by Gasteiger charge is -2.16. The molecule has 0 unspecified atom stereocenters. The average Bonchev–Trinajstić information content (AvgIpc) is 2.23. The van der Waals surface area contributed by atoms with E-state index >= 15 is 0 Å². The highest BCUT2D eigenvalue weighted by molar-refractivity contribution is 7.89. The van der Waals surface area contributed by atoms with Gasteiger partial charge in [0.25, 0.3) is 0 Å². The number of benzene rings is 1.